The molecule has 0 spiro atoms. The predicted molar refractivity (Wildman–Crippen MR) is 99.1 cm³/mol. The molecule has 3 N–H and O–H groups in total. The summed E-state index contributed by atoms with van der Waals surface area (Å²) in [5, 5.41) is 10.2. The van der Waals surface area contributed by atoms with E-state index in [1.807, 2.05) is 6.92 Å². The summed E-state index contributed by atoms with van der Waals surface area (Å²) in [6.45, 7) is 3.44. The maximum absolute atomic E-state index is 14.2. The molecule has 1 aromatic heterocycles. The number of nitrogens with zero attached hydrogens (tertiary/aromatic N) is 1. The van der Waals surface area contributed by atoms with Crippen LogP contribution in [0.15, 0.2) is 34.1 Å². The summed E-state index contributed by atoms with van der Waals surface area (Å²) in [6, 6.07) is 3.99. The number of halogens is 4. The summed E-state index contributed by atoms with van der Waals surface area (Å²) >= 11 is 0. The molecule has 2 aromatic rings. The average molecular weight is 453 g/mol. The number of aliphatic carboxylic acids is 1. The number of carbonyl (C=O) groups is 1. The van der Waals surface area contributed by atoms with Crippen molar-refractivity contribution in [3.8, 4) is 0 Å². The first-order chi connectivity index (χ1) is 13.9. The summed E-state index contributed by atoms with van der Waals surface area (Å²) in [6.07, 6.45) is -3.51. The molecule has 0 aliphatic carbocycles. The molecule has 1 atom stereocenters. The van der Waals surface area contributed by atoms with Crippen molar-refractivity contribution >= 4 is 26.8 Å². The molecule has 30 heavy (non-hydrogen) atoms. The van der Waals surface area contributed by atoms with Crippen LogP contribution in [0.4, 0.5) is 17.6 Å². The molecular formula is C17H19F4N3O5S. The molecule has 1 aliphatic rings. The lowest BCUT2D eigenvalue weighted by Gasteiger charge is -2.26. The van der Waals surface area contributed by atoms with Gasteiger partial charge in [0.1, 0.15) is 5.82 Å². The molecule has 0 radical (unpaired) electrons. The molecule has 0 bridgehead atoms. The molecule has 13 heteroatoms. The minimum Gasteiger partial charge on any atom is -0.475 e. The van der Waals surface area contributed by atoms with Crippen LogP contribution in [0.2, 0.25) is 0 Å². The van der Waals surface area contributed by atoms with Gasteiger partial charge in [-0.05, 0) is 32.0 Å². The lowest BCUT2D eigenvalue weighted by molar-refractivity contribution is -0.192. The number of benzene rings is 1. The van der Waals surface area contributed by atoms with Gasteiger partial charge in [0.2, 0.25) is 10.0 Å². The number of carboxylic acid groups (broad SMARTS) is 1. The van der Waals surface area contributed by atoms with Crippen LogP contribution in [0.25, 0.3) is 10.8 Å². The number of H-pyrrole nitrogens is 1. The van der Waals surface area contributed by atoms with Gasteiger partial charge in [-0.15, -0.1) is 0 Å². The highest BCUT2D eigenvalue weighted by atomic mass is 32.2. The van der Waals surface area contributed by atoms with E-state index < -0.39 is 33.5 Å². The number of nitrogens with one attached hydrogen (secondary N) is 2. The van der Waals surface area contributed by atoms with Gasteiger partial charge in [-0.3, -0.25) is 4.79 Å². The smallest absolute Gasteiger partial charge is 0.475 e. The average Bonchev–Trinajstić information content (AvgIpc) is 2.89. The van der Waals surface area contributed by atoms with E-state index in [1.165, 1.54) is 22.5 Å². The van der Waals surface area contributed by atoms with E-state index in [1.54, 1.807) is 0 Å². The first kappa shape index (κ1) is 23.8. The molecule has 3 rings (SSSR count). The normalized spacial score (nSPS) is 18.4. The predicted octanol–water partition coefficient (Wildman–Crippen LogP) is 1.67. The van der Waals surface area contributed by atoms with Crippen molar-refractivity contribution in [1.29, 1.82) is 0 Å². The number of hydrogen-bond donors (Lipinski definition) is 3. The Hall–Kier alpha value is -2.51. The van der Waals surface area contributed by atoms with Crippen molar-refractivity contribution in [3.63, 3.8) is 0 Å². The molecule has 1 aromatic carbocycles. The highest BCUT2D eigenvalue weighted by Crippen LogP contribution is 2.27. The Morgan fingerprint density at radius 3 is 2.53 bits per heavy atom. The fourth-order valence-electron chi connectivity index (χ4n) is 2.94. The first-order valence-corrected chi connectivity index (χ1v) is 10.1. The Morgan fingerprint density at radius 2 is 1.93 bits per heavy atom. The van der Waals surface area contributed by atoms with Crippen LogP contribution in [0.3, 0.4) is 0 Å². The third-order valence-corrected chi connectivity index (χ3v) is 6.39. The van der Waals surface area contributed by atoms with Crippen LogP contribution in [0.1, 0.15) is 13.3 Å². The zero-order chi connectivity index (χ0) is 22.7. The Kier molecular flexibility index (Phi) is 7.21. The maximum atomic E-state index is 14.2. The Morgan fingerprint density at radius 1 is 1.30 bits per heavy atom. The number of sulfonamides is 1. The Labute approximate surface area is 168 Å². The van der Waals surface area contributed by atoms with Gasteiger partial charge < -0.3 is 15.4 Å². The molecule has 8 nitrogen and oxygen atoms in total. The van der Waals surface area contributed by atoms with Crippen LogP contribution in [0, 0.1) is 5.82 Å². The molecule has 0 unspecified atom stereocenters. The van der Waals surface area contributed by atoms with Crippen molar-refractivity contribution in [2.75, 3.05) is 19.6 Å². The van der Waals surface area contributed by atoms with Gasteiger partial charge in [-0.2, -0.15) is 17.5 Å². The van der Waals surface area contributed by atoms with E-state index in [4.69, 9.17) is 9.90 Å². The van der Waals surface area contributed by atoms with Crippen molar-refractivity contribution < 1.29 is 35.9 Å². The lowest BCUT2D eigenvalue weighted by atomic mass is 10.2. The number of rotatable bonds is 2. The van der Waals surface area contributed by atoms with Gasteiger partial charge in [-0.25, -0.2) is 17.6 Å². The topological polar surface area (TPSA) is 120 Å². The van der Waals surface area contributed by atoms with Crippen LogP contribution < -0.4 is 10.9 Å². The third kappa shape index (κ3) is 5.15. The summed E-state index contributed by atoms with van der Waals surface area (Å²) in [7, 11) is -3.90. The number of pyridine rings is 1. The van der Waals surface area contributed by atoms with Crippen molar-refractivity contribution in [3.05, 3.63) is 40.6 Å². The molecule has 2 heterocycles. The highest BCUT2D eigenvalue weighted by Gasteiger charge is 2.38. The molecular weight excluding hydrogens is 434 g/mol. The monoisotopic (exact) mass is 453 g/mol. The quantitative estimate of drug-likeness (QED) is 0.596. The van der Waals surface area contributed by atoms with Gasteiger partial charge in [0, 0.05) is 30.7 Å². The maximum Gasteiger partial charge on any atom is 0.490 e. The number of alkyl halides is 3. The molecule has 0 saturated carbocycles. The van der Waals surface area contributed by atoms with Crippen molar-refractivity contribution in [2.24, 2.45) is 0 Å². The number of hydrogen-bond acceptors (Lipinski definition) is 5. The van der Waals surface area contributed by atoms with Gasteiger partial charge in [0.15, 0.2) is 0 Å². The van der Waals surface area contributed by atoms with Crippen molar-refractivity contribution in [2.45, 2.75) is 30.5 Å². The second-order valence-electron chi connectivity index (χ2n) is 6.47. The molecule has 0 amide bonds. The second kappa shape index (κ2) is 9.10. The Balaban J connectivity index is 0.000000396. The minimum atomic E-state index is -5.08. The number of fused-ring (bicyclic) bond motifs is 1. The highest BCUT2D eigenvalue weighted by molar-refractivity contribution is 7.89. The van der Waals surface area contributed by atoms with Gasteiger partial charge in [0.25, 0.3) is 5.56 Å². The molecule has 1 saturated heterocycles. The number of aromatic amines is 1. The summed E-state index contributed by atoms with van der Waals surface area (Å²) < 4.78 is 73.4. The fourth-order valence-corrected chi connectivity index (χ4v) is 4.82. The Bertz CT molecular complexity index is 1080. The third-order valence-electron chi connectivity index (χ3n) is 4.33. The fraction of sp³-hybridized carbons (Fsp3) is 0.412. The molecule has 1 aliphatic heterocycles. The SMILES string of the molecule is C[C@@H]1CNCCCN1S(=O)(=O)c1cccc2c(=O)[nH]cc(F)c12.O=C(O)C(F)(F)F. The van der Waals surface area contributed by atoms with Gasteiger partial charge >= 0.3 is 12.1 Å². The number of aromatic nitrogens is 1. The van der Waals surface area contributed by atoms with E-state index in [0.717, 1.165) is 12.7 Å². The zero-order valence-corrected chi connectivity index (χ0v) is 16.5. The van der Waals surface area contributed by atoms with Crippen LogP contribution in [0.5, 0.6) is 0 Å². The van der Waals surface area contributed by atoms with Gasteiger partial charge in [-0.1, -0.05) is 6.07 Å². The second-order valence-corrected chi connectivity index (χ2v) is 8.33. The van der Waals surface area contributed by atoms with Crippen LogP contribution in [-0.2, 0) is 14.8 Å². The van der Waals surface area contributed by atoms with E-state index >= 15 is 0 Å². The summed E-state index contributed by atoms with van der Waals surface area (Å²) in [4.78, 5) is 22.9. The molecule has 1 fully saturated rings. The lowest BCUT2D eigenvalue weighted by Crippen LogP contribution is -2.41. The minimum absolute atomic E-state index is 0.0340. The molecule has 166 valence electrons. The summed E-state index contributed by atoms with van der Waals surface area (Å²) in [5.41, 5.74) is -0.510. The summed E-state index contributed by atoms with van der Waals surface area (Å²) in [5.74, 6) is -3.51. The zero-order valence-electron chi connectivity index (χ0n) is 15.7. The van der Waals surface area contributed by atoms with E-state index in [9.17, 15) is 30.8 Å². The van der Waals surface area contributed by atoms with Crippen LogP contribution >= 0.6 is 0 Å². The van der Waals surface area contributed by atoms with E-state index in [0.29, 0.717) is 19.5 Å². The van der Waals surface area contributed by atoms with Crippen LogP contribution in [-0.4, -0.2) is 60.6 Å². The van der Waals surface area contributed by atoms with Crippen molar-refractivity contribution in [1.82, 2.24) is 14.6 Å². The van der Waals surface area contributed by atoms with E-state index in [2.05, 4.69) is 10.3 Å². The first-order valence-electron chi connectivity index (χ1n) is 8.70. The van der Waals surface area contributed by atoms with E-state index in [-0.39, 0.29) is 21.7 Å². The largest absolute Gasteiger partial charge is 0.490 e. The standard InChI is InChI=1S/C15H18FN3O3S.C2HF3O2/c1-10-8-17-6-3-7-19(10)23(21,22)13-5-2-4-11-14(13)12(16)9-18-15(11)20;3-2(4,5)1(6)7/h2,4-5,9-10,17H,3,6-8H2,1H3,(H,18,20);(H,6,7)/t10-;/m1./s1. The van der Waals surface area contributed by atoms with Gasteiger partial charge in [0.05, 0.1) is 10.3 Å². The number of carboxylic acids is 1.